The molecule has 22 heavy (non-hydrogen) atoms. The van der Waals surface area contributed by atoms with Crippen molar-refractivity contribution in [3.8, 4) is 5.75 Å². The van der Waals surface area contributed by atoms with Crippen LogP contribution in [0, 0.1) is 0 Å². The Balaban J connectivity index is 1.85. The van der Waals surface area contributed by atoms with E-state index in [-0.39, 0.29) is 5.91 Å². The number of ether oxygens (including phenoxy) is 1. The minimum absolute atomic E-state index is 0.0249. The number of carbonyl (C=O) groups is 1. The molecule has 2 rings (SSSR count). The summed E-state index contributed by atoms with van der Waals surface area (Å²) in [6.45, 7) is 2.66. The number of amides is 1. The van der Waals surface area contributed by atoms with Gasteiger partial charge in [0.2, 0.25) is 5.91 Å². The summed E-state index contributed by atoms with van der Waals surface area (Å²) < 4.78 is 5.34. The first kappa shape index (κ1) is 15.9. The van der Waals surface area contributed by atoms with Crippen LogP contribution in [0.15, 0.2) is 48.5 Å². The van der Waals surface area contributed by atoms with Crippen LogP contribution < -0.4 is 15.4 Å². The second-order valence-electron chi connectivity index (χ2n) is 4.97. The van der Waals surface area contributed by atoms with E-state index in [4.69, 9.17) is 4.74 Å². The lowest BCUT2D eigenvalue weighted by atomic mass is 10.1. The van der Waals surface area contributed by atoms with Crippen molar-refractivity contribution < 1.29 is 9.53 Å². The fraction of sp³-hybridized carbons (Fsp3) is 0.278. The van der Waals surface area contributed by atoms with E-state index in [9.17, 15) is 4.79 Å². The summed E-state index contributed by atoms with van der Waals surface area (Å²) in [4.78, 5) is 11.3. The molecule has 0 saturated carbocycles. The Hall–Kier alpha value is -2.49. The van der Waals surface area contributed by atoms with Crippen LogP contribution in [0.2, 0.25) is 0 Å². The smallest absolute Gasteiger partial charge is 0.224 e. The molecule has 0 aliphatic carbocycles. The van der Waals surface area contributed by atoms with Crippen molar-refractivity contribution in [2.45, 2.75) is 19.8 Å². The van der Waals surface area contributed by atoms with Crippen LogP contribution >= 0.6 is 0 Å². The van der Waals surface area contributed by atoms with Gasteiger partial charge in [0, 0.05) is 24.3 Å². The van der Waals surface area contributed by atoms with Crippen molar-refractivity contribution >= 4 is 17.3 Å². The van der Waals surface area contributed by atoms with Crippen molar-refractivity contribution in [1.29, 1.82) is 0 Å². The van der Waals surface area contributed by atoms with Crippen LogP contribution in [0.1, 0.15) is 18.9 Å². The first-order valence-electron chi connectivity index (χ1n) is 7.48. The molecule has 4 nitrogen and oxygen atoms in total. The van der Waals surface area contributed by atoms with Gasteiger partial charge >= 0.3 is 0 Å². The highest BCUT2D eigenvalue weighted by Gasteiger charge is 2.02. The third-order valence-electron chi connectivity index (χ3n) is 3.41. The number of anilines is 2. The number of methoxy groups -OCH3 is 1. The van der Waals surface area contributed by atoms with Gasteiger partial charge in [0.1, 0.15) is 5.75 Å². The summed E-state index contributed by atoms with van der Waals surface area (Å²) in [6.07, 6.45) is 1.37. The fourth-order valence-electron chi connectivity index (χ4n) is 2.17. The number of para-hydroxylation sites is 1. The highest BCUT2D eigenvalue weighted by molar-refractivity contribution is 5.90. The molecule has 0 heterocycles. The molecule has 0 atom stereocenters. The predicted molar refractivity (Wildman–Crippen MR) is 90.6 cm³/mol. The molecule has 0 aliphatic heterocycles. The van der Waals surface area contributed by atoms with Gasteiger partial charge < -0.3 is 15.4 Å². The predicted octanol–water partition coefficient (Wildman–Crippen LogP) is 3.70. The van der Waals surface area contributed by atoms with E-state index < -0.39 is 0 Å². The molecular weight excluding hydrogens is 276 g/mol. The monoisotopic (exact) mass is 298 g/mol. The molecule has 0 radical (unpaired) electrons. The van der Waals surface area contributed by atoms with Gasteiger partial charge in [-0.1, -0.05) is 25.1 Å². The molecule has 1 amide bonds. The lowest BCUT2D eigenvalue weighted by Crippen LogP contribution is -2.09. The van der Waals surface area contributed by atoms with Crippen LogP contribution in [-0.4, -0.2) is 19.6 Å². The average Bonchev–Trinajstić information content (AvgIpc) is 2.56. The summed E-state index contributed by atoms with van der Waals surface area (Å²) in [6, 6.07) is 15.8. The minimum atomic E-state index is 0.0249. The Morgan fingerprint density at radius 1 is 1.05 bits per heavy atom. The van der Waals surface area contributed by atoms with Gasteiger partial charge in [-0.25, -0.2) is 0 Å². The zero-order chi connectivity index (χ0) is 15.8. The number of rotatable bonds is 7. The van der Waals surface area contributed by atoms with Crippen LogP contribution in [0.25, 0.3) is 0 Å². The van der Waals surface area contributed by atoms with Gasteiger partial charge in [0.25, 0.3) is 0 Å². The minimum Gasteiger partial charge on any atom is -0.496 e. The van der Waals surface area contributed by atoms with E-state index in [1.165, 1.54) is 5.56 Å². The van der Waals surface area contributed by atoms with E-state index in [2.05, 4.69) is 16.7 Å². The molecule has 0 saturated heterocycles. The quantitative estimate of drug-likeness (QED) is 0.819. The van der Waals surface area contributed by atoms with Crippen molar-refractivity contribution in [3.05, 3.63) is 54.1 Å². The molecule has 2 aromatic carbocycles. The van der Waals surface area contributed by atoms with E-state index in [1.807, 2.05) is 49.4 Å². The maximum atomic E-state index is 11.3. The first-order chi connectivity index (χ1) is 10.7. The zero-order valence-electron chi connectivity index (χ0n) is 13.1. The number of hydrogen-bond acceptors (Lipinski definition) is 3. The van der Waals surface area contributed by atoms with Crippen molar-refractivity contribution in [3.63, 3.8) is 0 Å². The van der Waals surface area contributed by atoms with Crippen LogP contribution in [0.3, 0.4) is 0 Å². The molecule has 0 fully saturated rings. The van der Waals surface area contributed by atoms with Gasteiger partial charge in [0.05, 0.1) is 7.11 Å². The summed E-state index contributed by atoms with van der Waals surface area (Å²) >= 11 is 0. The third-order valence-corrected chi connectivity index (χ3v) is 3.41. The molecule has 0 aromatic heterocycles. The normalized spacial score (nSPS) is 10.1. The summed E-state index contributed by atoms with van der Waals surface area (Å²) in [5, 5.41) is 6.20. The Morgan fingerprint density at radius 2 is 1.73 bits per heavy atom. The second-order valence-corrected chi connectivity index (χ2v) is 4.97. The SMILES string of the molecule is CCC(=O)Nc1ccc(NCCc2ccccc2OC)cc1. The van der Waals surface area contributed by atoms with Crippen LogP contribution in [-0.2, 0) is 11.2 Å². The van der Waals surface area contributed by atoms with E-state index in [0.29, 0.717) is 6.42 Å². The maximum absolute atomic E-state index is 11.3. The second kappa shape index (κ2) is 8.08. The Labute approximate surface area is 131 Å². The fourth-order valence-corrected chi connectivity index (χ4v) is 2.17. The van der Waals surface area contributed by atoms with E-state index in [0.717, 1.165) is 30.1 Å². The Morgan fingerprint density at radius 3 is 2.41 bits per heavy atom. The van der Waals surface area contributed by atoms with Gasteiger partial charge in [-0.15, -0.1) is 0 Å². The average molecular weight is 298 g/mol. The summed E-state index contributed by atoms with van der Waals surface area (Å²) in [5.74, 6) is 0.943. The van der Waals surface area contributed by atoms with Gasteiger partial charge in [0.15, 0.2) is 0 Å². The summed E-state index contributed by atoms with van der Waals surface area (Å²) in [5.41, 5.74) is 3.04. The Bertz CT molecular complexity index is 609. The molecule has 2 aromatic rings. The highest BCUT2D eigenvalue weighted by Crippen LogP contribution is 2.18. The largest absolute Gasteiger partial charge is 0.496 e. The van der Waals surface area contributed by atoms with E-state index in [1.54, 1.807) is 7.11 Å². The Kier molecular flexibility index (Phi) is 5.83. The standard InChI is InChI=1S/C18H22N2O2/c1-3-18(21)20-16-10-8-15(9-11-16)19-13-12-14-6-4-5-7-17(14)22-2/h4-11,19H,3,12-13H2,1-2H3,(H,20,21). The van der Waals surface area contributed by atoms with Gasteiger partial charge in [-0.05, 0) is 42.3 Å². The maximum Gasteiger partial charge on any atom is 0.224 e. The molecule has 0 bridgehead atoms. The van der Waals surface area contributed by atoms with Crippen molar-refractivity contribution in [2.75, 3.05) is 24.3 Å². The molecule has 116 valence electrons. The lowest BCUT2D eigenvalue weighted by molar-refractivity contribution is -0.115. The molecular formula is C18H22N2O2. The van der Waals surface area contributed by atoms with Gasteiger partial charge in [-0.2, -0.15) is 0 Å². The third kappa shape index (κ3) is 4.52. The van der Waals surface area contributed by atoms with Crippen LogP contribution in [0.4, 0.5) is 11.4 Å². The van der Waals surface area contributed by atoms with Crippen molar-refractivity contribution in [2.24, 2.45) is 0 Å². The first-order valence-corrected chi connectivity index (χ1v) is 7.48. The molecule has 2 N–H and O–H groups in total. The van der Waals surface area contributed by atoms with Crippen LogP contribution in [0.5, 0.6) is 5.75 Å². The van der Waals surface area contributed by atoms with E-state index >= 15 is 0 Å². The summed E-state index contributed by atoms with van der Waals surface area (Å²) in [7, 11) is 1.69. The molecule has 0 spiro atoms. The number of benzene rings is 2. The number of carbonyl (C=O) groups excluding carboxylic acids is 1. The topological polar surface area (TPSA) is 50.4 Å². The molecule has 4 heteroatoms. The zero-order valence-corrected chi connectivity index (χ0v) is 13.1. The molecule has 0 unspecified atom stereocenters. The van der Waals surface area contributed by atoms with Gasteiger partial charge in [-0.3, -0.25) is 4.79 Å². The lowest BCUT2D eigenvalue weighted by Gasteiger charge is -2.10. The van der Waals surface area contributed by atoms with Crippen molar-refractivity contribution in [1.82, 2.24) is 0 Å². The molecule has 0 aliphatic rings. The number of nitrogens with one attached hydrogen (secondary N) is 2. The highest BCUT2D eigenvalue weighted by atomic mass is 16.5. The number of hydrogen-bond donors (Lipinski definition) is 2.